The van der Waals surface area contributed by atoms with E-state index in [9.17, 15) is 12.8 Å². The van der Waals surface area contributed by atoms with Crippen LogP contribution in [0.2, 0.25) is 0 Å². The van der Waals surface area contributed by atoms with Crippen LogP contribution in [-0.4, -0.2) is 27.9 Å². The summed E-state index contributed by atoms with van der Waals surface area (Å²) in [6, 6.07) is 7.39. The van der Waals surface area contributed by atoms with Gasteiger partial charge in [-0.15, -0.1) is 0 Å². The predicted octanol–water partition coefficient (Wildman–Crippen LogP) is 3.87. The van der Waals surface area contributed by atoms with Gasteiger partial charge >= 0.3 is 0 Å². The molecule has 0 radical (unpaired) electrons. The third-order valence-electron chi connectivity index (χ3n) is 5.75. The maximum absolute atomic E-state index is 14.7. The maximum Gasteiger partial charge on any atom is 0.243 e. The van der Waals surface area contributed by atoms with Crippen molar-refractivity contribution in [2.75, 3.05) is 0 Å². The van der Waals surface area contributed by atoms with Crippen LogP contribution in [0, 0.1) is 5.82 Å². The molecule has 9 heteroatoms. The van der Waals surface area contributed by atoms with Crippen LogP contribution in [-0.2, 0) is 10.0 Å². The molecular weight excluding hydrogens is 393 g/mol. The first kappa shape index (κ1) is 18.3. The lowest BCUT2D eigenvalue weighted by Crippen LogP contribution is -2.15. The lowest BCUT2D eigenvalue weighted by atomic mass is 9.95. The van der Waals surface area contributed by atoms with E-state index in [1.165, 1.54) is 31.7 Å². The van der Waals surface area contributed by atoms with Gasteiger partial charge in [0.15, 0.2) is 0 Å². The van der Waals surface area contributed by atoms with Crippen molar-refractivity contribution in [2.24, 2.45) is 5.14 Å². The lowest BCUT2D eigenvalue weighted by Gasteiger charge is -2.23. The van der Waals surface area contributed by atoms with Crippen LogP contribution < -0.4 is 5.14 Å². The van der Waals surface area contributed by atoms with Gasteiger partial charge < -0.3 is 9.55 Å². The van der Waals surface area contributed by atoms with Crippen LogP contribution in [0.1, 0.15) is 38.1 Å². The van der Waals surface area contributed by atoms with E-state index in [4.69, 9.17) is 5.14 Å². The number of hydrogen-bond donors (Lipinski definition) is 2. The molecule has 5 rings (SSSR count). The molecule has 0 spiro atoms. The van der Waals surface area contributed by atoms with E-state index < -0.39 is 20.7 Å². The Bertz CT molecular complexity index is 1340. The molecule has 1 fully saturated rings. The van der Waals surface area contributed by atoms with E-state index in [1.54, 1.807) is 0 Å². The highest BCUT2D eigenvalue weighted by Gasteiger charge is 2.24. The van der Waals surface area contributed by atoms with Gasteiger partial charge in [-0.2, -0.15) is 0 Å². The highest BCUT2D eigenvalue weighted by molar-refractivity contribution is 7.89. The van der Waals surface area contributed by atoms with Crippen LogP contribution in [0.25, 0.3) is 33.2 Å². The van der Waals surface area contributed by atoms with Gasteiger partial charge in [0.2, 0.25) is 10.0 Å². The second-order valence-electron chi connectivity index (χ2n) is 7.55. The van der Waals surface area contributed by atoms with Crippen molar-refractivity contribution in [3.05, 3.63) is 42.7 Å². The molecule has 7 nitrogen and oxygen atoms in total. The molecule has 0 unspecified atom stereocenters. The number of sulfonamides is 1. The number of nitrogens with one attached hydrogen (secondary N) is 1. The van der Waals surface area contributed by atoms with Crippen molar-refractivity contribution < 1.29 is 12.8 Å². The molecule has 2 heterocycles. The number of primary sulfonamides is 1. The number of rotatable bonds is 3. The maximum atomic E-state index is 14.7. The number of benzene rings is 2. The van der Waals surface area contributed by atoms with Gasteiger partial charge in [-0.25, -0.2) is 27.9 Å². The molecule has 0 aliphatic heterocycles. The van der Waals surface area contributed by atoms with E-state index in [0.29, 0.717) is 22.7 Å². The molecule has 150 valence electrons. The van der Waals surface area contributed by atoms with Crippen LogP contribution in [0.5, 0.6) is 0 Å². The summed E-state index contributed by atoms with van der Waals surface area (Å²) in [6.45, 7) is 0. The Balaban J connectivity index is 1.65. The first-order chi connectivity index (χ1) is 13.9. The summed E-state index contributed by atoms with van der Waals surface area (Å²) >= 11 is 0. The topological polar surface area (TPSA) is 107 Å². The van der Waals surface area contributed by atoms with Crippen LogP contribution in [0.3, 0.4) is 0 Å². The fourth-order valence-electron chi connectivity index (χ4n) is 4.40. The smallest absolute Gasteiger partial charge is 0.243 e. The minimum absolute atomic E-state index is 0.0651. The number of hydrogen-bond acceptors (Lipinski definition) is 4. The van der Waals surface area contributed by atoms with Gasteiger partial charge in [0.1, 0.15) is 10.7 Å². The monoisotopic (exact) mass is 413 g/mol. The molecule has 2 aromatic carbocycles. The van der Waals surface area contributed by atoms with E-state index in [-0.39, 0.29) is 5.52 Å². The van der Waals surface area contributed by atoms with E-state index in [2.05, 4.69) is 19.5 Å². The minimum Gasteiger partial charge on any atom is -0.343 e. The Kier molecular flexibility index (Phi) is 4.18. The molecule has 3 N–H and O–H groups in total. The van der Waals surface area contributed by atoms with Gasteiger partial charge in [0, 0.05) is 11.6 Å². The number of aromatic nitrogens is 4. The van der Waals surface area contributed by atoms with Crippen molar-refractivity contribution in [2.45, 2.75) is 43.0 Å². The van der Waals surface area contributed by atoms with Crippen molar-refractivity contribution in [1.82, 2.24) is 19.5 Å². The summed E-state index contributed by atoms with van der Waals surface area (Å²) in [6.07, 6.45) is 9.26. The Morgan fingerprint density at radius 1 is 1.14 bits per heavy atom. The first-order valence-corrected chi connectivity index (χ1v) is 11.1. The summed E-state index contributed by atoms with van der Waals surface area (Å²) in [5.41, 5.74) is 3.47. The highest BCUT2D eigenvalue weighted by Crippen LogP contribution is 2.35. The highest BCUT2D eigenvalue weighted by atomic mass is 32.2. The van der Waals surface area contributed by atoms with Crippen molar-refractivity contribution >= 4 is 32.1 Å². The SMILES string of the molecule is NS(=O)(=O)c1c(F)cc(-c2ccc3c(c2)ncn3C2CCCCC2)c2nc[nH]c12. The van der Waals surface area contributed by atoms with Crippen LogP contribution in [0.4, 0.5) is 4.39 Å². The number of halogens is 1. The summed E-state index contributed by atoms with van der Waals surface area (Å²) in [7, 11) is -4.23. The lowest BCUT2D eigenvalue weighted by molar-refractivity contribution is 0.359. The Morgan fingerprint density at radius 3 is 2.69 bits per heavy atom. The van der Waals surface area contributed by atoms with E-state index >= 15 is 0 Å². The second-order valence-corrected chi connectivity index (χ2v) is 9.05. The zero-order valence-corrected chi connectivity index (χ0v) is 16.4. The predicted molar refractivity (Wildman–Crippen MR) is 108 cm³/mol. The molecule has 29 heavy (non-hydrogen) atoms. The van der Waals surface area contributed by atoms with Crippen molar-refractivity contribution in [3.8, 4) is 11.1 Å². The fourth-order valence-corrected chi connectivity index (χ4v) is 5.17. The summed E-state index contributed by atoms with van der Waals surface area (Å²) in [5.74, 6) is -0.910. The molecule has 0 bridgehead atoms. The van der Waals surface area contributed by atoms with Crippen LogP contribution >= 0.6 is 0 Å². The third kappa shape index (κ3) is 3.01. The molecular formula is C20H20FN5O2S. The van der Waals surface area contributed by atoms with Gasteiger partial charge in [-0.3, -0.25) is 0 Å². The number of imidazole rings is 2. The molecule has 0 atom stereocenters. The number of H-pyrrole nitrogens is 1. The van der Waals surface area contributed by atoms with Gasteiger partial charge in [-0.1, -0.05) is 25.3 Å². The summed E-state index contributed by atoms with van der Waals surface area (Å²) in [5, 5.41) is 5.19. The average Bonchev–Trinajstić information content (AvgIpc) is 3.33. The van der Waals surface area contributed by atoms with Gasteiger partial charge in [0.05, 0.1) is 34.7 Å². The van der Waals surface area contributed by atoms with Crippen molar-refractivity contribution in [3.63, 3.8) is 0 Å². The number of nitrogens with two attached hydrogens (primary N) is 1. The molecule has 1 saturated carbocycles. The number of aromatic amines is 1. The Hall–Kier alpha value is -2.78. The standard InChI is InChI=1S/C20H20FN5O2S/c21-15-9-14(18-19(24-10-23-18)20(15)29(22,27)28)12-6-7-17-16(8-12)25-11-26(17)13-4-2-1-3-5-13/h6-11,13H,1-5H2,(H,23,24)(H2,22,27,28). The normalized spacial score (nSPS) is 16.1. The average molecular weight is 413 g/mol. The zero-order chi connectivity index (χ0) is 20.2. The van der Waals surface area contributed by atoms with Crippen LogP contribution in [0.15, 0.2) is 41.8 Å². The van der Waals surface area contributed by atoms with Gasteiger partial charge in [0.25, 0.3) is 0 Å². The molecule has 1 aliphatic rings. The molecule has 2 aromatic heterocycles. The number of fused-ring (bicyclic) bond motifs is 2. The molecule has 4 aromatic rings. The van der Waals surface area contributed by atoms with Gasteiger partial charge in [-0.05, 0) is 36.6 Å². The Morgan fingerprint density at radius 2 is 1.93 bits per heavy atom. The molecule has 1 aliphatic carbocycles. The molecule has 0 amide bonds. The summed E-state index contributed by atoms with van der Waals surface area (Å²) in [4.78, 5) is 10.9. The zero-order valence-electron chi connectivity index (χ0n) is 15.6. The van der Waals surface area contributed by atoms with Crippen molar-refractivity contribution in [1.29, 1.82) is 0 Å². The summed E-state index contributed by atoms with van der Waals surface area (Å²) < 4.78 is 40.5. The molecule has 0 saturated heterocycles. The van der Waals surface area contributed by atoms with E-state index in [1.807, 2.05) is 24.5 Å². The number of nitrogens with zero attached hydrogens (tertiary/aromatic N) is 3. The second kappa shape index (κ2) is 6.64. The minimum atomic E-state index is -4.23. The fraction of sp³-hybridized carbons (Fsp3) is 0.300. The third-order valence-corrected chi connectivity index (χ3v) is 6.72. The Labute approximate surface area is 166 Å². The quantitative estimate of drug-likeness (QED) is 0.532. The largest absolute Gasteiger partial charge is 0.343 e. The van der Waals surface area contributed by atoms with E-state index in [0.717, 1.165) is 23.9 Å². The first-order valence-electron chi connectivity index (χ1n) is 9.59.